The summed E-state index contributed by atoms with van der Waals surface area (Å²) in [6, 6.07) is 0. The first-order chi connectivity index (χ1) is 7.83. The first-order valence-electron chi connectivity index (χ1n) is 6.32. The van der Waals surface area contributed by atoms with Crippen LogP contribution in [-0.4, -0.2) is 49.0 Å². The third-order valence-electron chi connectivity index (χ3n) is 2.91. The molecule has 16 heavy (non-hydrogen) atoms. The molecule has 0 spiro atoms. The number of aliphatic hydroxyl groups excluding tert-OH is 1. The van der Waals surface area contributed by atoms with E-state index in [1.54, 1.807) is 0 Å². The average Bonchev–Trinajstić information content (AvgIpc) is 2.79. The second-order valence-electron chi connectivity index (χ2n) is 4.44. The topological polar surface area (TPSA) is 41.5 Å². The molecular formula is C12H25NO2S. The first-order valence-corrected chi connectivity index (χ1v) is 7.71. The Morgan fingerprint density at radius 3 is 2.88 bits per heavy atom. The third-order valence-corrected chi connectivity index (χ3v) is 3.61. The Bertz CT molecular complexity index is 163. The SMILES string of the molecule is CSCCCNCC(O)COC1CCCC1. The molecule has 0 aromatic rings. The van der Waals surface area contributed by atoms with Gasteiger partial charge in [-0.25, -0.2) is 0 Å². The van der Waals surface area contributed by atoms with Crippen molar-refractivity contribution in [1.82, 2.24) is 5.32 Å². The number of nitrogens with one attached hydrogen (secondary N) is 1. The van der Waals surface area contributed by atoms with Crippen molar-refractivity contribution in [2.24, 2.45) is 0 Å². The van der Waals surface area contributed by atoms with E-state index in [-0.39, 0.29) is 6.10 Å². The molecule has 1 aliphatic rings. The molecule has 1 fully saturated rings. The fourth-order valence-electron chi connectivity index (χ4n) is 1.97. The summed E-state index contributed by atoms with van der Waals surface area (Å²) in [6.07, 6.45) is 8.26. The number of rotatable bonds is 9. The van der Waals surface area contributed by atoms with E-state index in [0.29, 0.717) is 19.3 Å². The molecule has 1 aliphatic carbocycles. The van der Waals surface area contributed by atoms with E-state index < -0.39 is 0 Å². The van der Waals surface area contributed by atoms with E-state index in [1.165, 1.54) is 31.4 Å². The molecule has 0 saturated heterocycles. The quantitative estimate of drug-likeness (QED) is 0.608. The van der Waals surface area contributed by atoms with Crippen LogP contribution in [-0.2, 0) is 4.74 Å². The van der Waals surface area contributed by atoms with Gasteiger partial charge in [-0.05, 0) is 37.8 Å². The summed E-state index contributed by atoms with van der Waals surface area (Å²) in [6.45, 7) is 2.13. The van der Waals surface area contributed by atoms with E-state index >= 15 is 0 Å². The number of hydrogen-bond acceptors (Lipinski definition) is 4. The molecule has 4 heteroatoms. The molecule has 0 amide bonds. The van der Waals surface area contributed by atoms with E-state index in [4.69, 9.17) is 4.74 Å². The maximum absolute atomic E-state index is 9.67. The van der Waals surface area contributed by atoms with E-state index in [1.807, 2.05) is 11.8 Å². The van der Waals surface area contributed by atoms with Crippen LogP contribution in [0.3, 0.4) is 0 Å². The number of ether oxygens (including phenoxy) is 1. The third kappa shape index (κ3) is 6.74. The number of aliphatic hydroxyl groups is 1. The van der Waals surface area contributed by atoms with Gasteiger partial charge in [-0.2, -0.15) is 11.8 Å². The van der Waals surface area contributed by atoms with Crippen molar-refractivity contribution in [3.63, 3.8) is 0 Å². The van der Waals surface area contributed by atoms with Crippen molar-refractivity contribution in [3.8, 4) is 0 Å². The second kappa shape index (κ2) is 9.28. The minimum absolute atomic E-state index is 0.352. The van der Waals surface area contributed by atoms with Gasteiger partial charge in [0.1, 0.15) is 0 Å². The van der Waals surface area contributed by atoms with Crippen LogP contribution in [0.1, 0.15) is 32.1 Å². The highest BCUT2D eigenvalue weighted by atomic mass is 32.2. The van der Waals surface area contributed by atoms with E-state index in [9.17, 15) is 5.11 Å². The molecule has 1 atom stereocenters. The van der Waals surface area contributed by atoms with Gasteiger partial charge in [0, 0.05) is 6.54 Å². The minimum atomic E-state index is -0.352. The summed E-state index contributed by atoms with van der Waals surface area (Å²) >= 11 is 1.86. The monoisotopic (exact) mass is 247 g/mol. The second-order valence-corrected chi connectivity index (χ2v) is 5.43. The maximum atomic E-state index is 9.67. The van der Waals surface area contributed by atoms with Crippen LogP contribution in [0.15, 0.2) is 0 Å². The molecule has 96 valence electrons. The van der Waals surface area contributed by atoms with Crippen LogP contribution in [0.25, 0.3) is 0 Å². The first kappa shape index (κ1) is 14.3. The van der Waals surface area contributed by atoms with Crippen molar-refractivity contribution >= 4 is 11.8 Å². The fourth-order valence-corrected chi connectivity index (χ4v) is 2.40. The lowest BCUT2D eigenvalue weighted by Gasteiger charge is -2.15. The van der Waals surface area contributed by atoms with Crippen LogP contribution in [0.4, 0.5) is 0 Å². The molecule has 0 aromatic carbocycles. The molecule has 0 aliphatic heterocycles. The van der Waals surface area contributed by atoms with Gasteiger partial charge in [0.05, 0.1) is 18.8 Å². The van der Waals surface area contributed by atoms with Crippen molar-refractivity contribution in [2.75, 3.05) is 31.7 Å². The van der Waals surface area contributed by atoms with Gasteiger partial charge in [0.15, 0.2) is 0 Å². The van der Waals surface area contributed by atoms with Crippen LogP contribution in [0.5, 0.6) is 0 Å². The Labute approximate surface area is 103 Å². The zero-order valence-electron chi connectivity index (χ0n) is 10.3. The molecule has 0 bridgehead atoms. The molecule has 2 N–H and O–H groups in total. The largest absolute Gasteiger partial charge is 0.389 e. The van der Waals surface area contributed by atoms with Gasteiger partial charge >= 0.3 is 0 Å². The molecular weight excluding hydrogens is 222 g/mol. The van der Waals surface area contributed by atoms with Crippen molar-refractivity contribution in [3.05, 3.63) is 0 Å². The van der Waals surface area contributed by atoms with Crippen molar-refractivity contribution < 1.29 is 9.84 Å². The lowest BCUT2D eigenvalue weighted by atomic mass is 10.3. The van der Waals surface area contributed by atoms with Gasteiger partial charge in [0.2, 0.25) is 0 Å². The van der Waals surface area contributed by atoms with Gasteiger partial charge in [-0.15, -0.1) is 0 Å². The van der Waals surface area contributed by atoms with Crippen LogP contribution < -0.4 is 5.32 Å². The lowest BCUT2D eigenvalue weighted by Crippen LogP contribution is -2.32. The standard InChI is InChI=1S/C12H25NO2S/c1-16-8-4-7-13-9-11(14)10-15-12-5-2-3-6-12/h11-14H,2-10H2,1H3. The smallest absolute Gasteiger partial charge is 0.0897 e. The van der Waals surface area contributed by atoms with E-state index in [2.05, 4.69) is 11.6 Å². The lowest BCUT2D eigenvalue weighted by molar-refractivity contribution is -0.00532. The highest BCUT2D eigenvalue weighted by Gasteiger charge is 2.16. The Hall–Kier alpha value is 0.230. The normalized spacial score (nSPS) is 19.1. The number of hydrogen-bond donors (Lipinski definition) is 2. The minimum Gasteiger partial charge on any atom is -0.389 e. The van der Waals surface area contributed by atoms with Crippen LogP contribution in [0.2, 0.25) is 0 Å². The summed E-state index contributed by atoms with van der Waals surface area (Å²) in [4.78, 5) is 0. The molecule has 1 rings (SSSR count). The van der Waals surface area contributed by atoms with Crippen LogP contribution >= 0.6 is 11.8 Å². The summed E-state index contributed by atoms with van der Waals surface area (Å²) in [7, 11) is 0. The van der Waals surface area contributed by atoms with Crippen molar-refractivity contribution in [2.45, 2.75) is 44.3 Å². The Morgan fingerprint density at radius 1 is 1.44 bits per heavy atom. The predicted molar refractivity (Wildman–Crippen MR) is 70.1 cm³/mol. The molecule has 0 radical (unpaired) electrons. The van der Waals surface area contributed by atoms with Gasteiger partial charge in [0.25, 0.3) is 0 Å². The van der Waals surface area contributed by atoms with Gasteiger partial charge in [-0.3, -0.25) is 0 Å². The average molecular weight is 247 g/mol. The van der Waals surface area contributed by atoms with E-state index in [0.717, 1.165) is 13.0 Å². The van der Waals surface area contributed by atoms with Crippen LogP contribution in [0, 0.1) is 0 Å². The summed E-state index contributed by atoms with van der Waals surface area (Å²) in [5.41, 5.74) is 0. The summed E-state index contributed by atoms with van der Waals surface area (Å²) in [5.74, 6) is 1.18. The Morgan fingerprint density at radius 2 is 2.19 bits per heavy atom. The molecule has 1 unspecified atom stereocenters. The highest BCUT2D eigenvalue weighted by Crippen LogP contribution is 2.20. The van der Waals surface area contributed by atoms with Gasteiger partial charge < -0.3 is 15.2 Å². The zero-order chi connectivity index (χ0) is 11.6. The summed E-state index contributed by atoms with van der Waals surface area (Å²) < 4.78 is 5.65. The summed E-state index contributed by atoms with van der Waals surface area (Å²) in [5, 5.41) is 12.9. The maximum Gasteiger partial charge on any atom is 0.0897 e. The Balaban J connectivity index is 1.87. The predicted octanol–water partition coefficient (Wildman–Crippen LogP) is 1.65. The zero-order valence-corrected chi connectivity index (χ0v) is 11.1. The van der Waals surface area contributed by atoms with Gasteiger partial charge in [-0.1, -0.05) is 12.8 Å². The van der Waals surface area contributed by atoms with Crippen molar-refractivity contribution in [1.29, 1.82) is 0 Å². The fraction of sp³-hybridized carbons (Fsp3) is 1.00. The number of thioether (sulfide) groups is 1. The molecule has 3 nitrogen and oxygen atoms in total. The molecule has 1 saturated carbocycles. The Kier molecular flexibility index (Phi) is 8.29. The molecule has 0 aromatic heterocycles. The highest BCUT2D eigenvalue weighted by molar-refractivity contribution is 7.98. The molecule has 0 heterocycles.